The third-order valence-corrected chi connectivity index (χ3v) is 4.28. The van der Waals surface area contributed by atoms with Gasteiger partial charge in [-0.1, -0.05) is 0 Å². The SMILES string of the molecule is C[C@@]1(O)[C@H](F)[C@@H](COP(=O)(O)O)O[C@H]1n1cnc2c(=O)[nH]c(N)nc21. The summed E-state index contributed by atoms with van der Waals surface area (Å²) in [6, 6.07) is 0. The monoisotopic (exact) mass is 379 g/mol. The predicted molar refractivity (Wildman–Crippen MR) is 80.0 cm³/mol. The standard InChI is InChI=1S/C11H15FN5O7P/c1-11(19)6(12)4(2-23-25(20,21)22)24-9(11)17-3-14-5-7(17)15-10(13)16-8(5)18/h3-4,6,9,19H,2H2,1H3,(H2,20,21,22)(H3,13,15,16,18)/t4-,6-,9-,11-/m1/s1. The third kappa shape index (κ3) is 3.17. The van der Waals surface area contributed by atoms with Gasteiger partial charge in [-0.2, -0.15) is 4.98 Å². The van der Waals surface area contributed by atoms with E-state index in [-0.39, 0.29) is 17.1 Å². The van der Waals surface area contributed by atoms with Gasteiger partial charge in [0.25, 0.3) is 5.56 Å². The molecule has 1 fully saturated rings. The summed E-state index contributed by atoms with van der Waals surface area (Å²) in [6.45, 7) is 0.336. The van der Waals surface area contributed by atoms with E-state index in [9.17, 15) is 18.9 Å². The first-order valence-electron chi connectivity index (χ1n) is 6.95. The maximum absolute atomic E-state index is 14.5. The lowest BCUT2D eigenvalue weighted by Gasteiger charge is -2.26. The van der Waals surface area contributed by atoms with Crippen molar-refractivity contribution in [2.24, 2.45) is 0 Å². The number of nitrogens with two attached hydrogens (primary N) is 1. The van der Waals surface area contributed by atoms with Crippen molar-refractivity contribution in [3.63, 3.8) is 0 Å². The zero-order chi connectivity index (χ0) is 18.6. The van der Waals surface area contributed by atoms with Gasteiger partial charge in [0.1, 0.15) is 11.7 Å². The van der Waals surface area contributed by atoms with Crippen molar-refractivity contribution < 1.29 is 33.1 Å². The predicted octanol–water partition coefficient (Wildman–Crippen LogP) is -1.20. The molecule has 2 aromatic heterocycles. The van der Waals surface area contributed by atoms with Gasteiger partial charge in [-0.15, -0.1) is 0 Å². The summed E-state index contributed by atoms with van der Waals surface area (Å²) >= 11 is 0. The highest BCUT2D eigenvalue weighted by molar-refractivity contribution is 7.46. The molecule has 0 amide bonds. The number of hydrogen-bond donors (Lipinski definition) is 5. The number of ether oxygens (including phenoxy) is 1. The zero-order valence-electron chi connectivity index (χ0n) is 12.7. The first-order valence-corrected chi connectivity index (χ1v) is 8.48. The number of H-pyrrole nitrogens is 1. The molecule has 3 rings (SSSR count). The molecule has 1 saturated heterocycles. The minimum absolute atomic E-state index is 0.0460. The average Bonchev–Trinajstić information content (AvgIpc) is 2.97. The number of imidazole rings is 1. The topological polar surface area (TPSA) is 186 Å². The number of aromatic nitrogens is 4. The molecule has 0 bridgehead atoms. The number of fused-ring (bicyclic) bond motifs is 1. The lowest BCUT2D eigenvalue weighted by atomic mass is 9.98. The molecule has 0 radical (unpaired) electrons. The second-order valence-corrected chi connectivity index (χ2v) is 6.96. The second-order valence-electron chi connectivity index (χ2n) is 5.72. The van der Waals surface area contributed by atoms with E-state index in [1.54, 1.807) is 0 Å². The Morgan fingerprint density at radius 3 is 2.92 bits per heavy atom. The normalized spacial score (nSPS) is 30.2. The van der Waals surface area contributed by atoms with Crippen LogP contribution in [-0.4, -0.2) is 58.9 Å². The molecule has 0 spiro atoms. The lowest BCUT2D eigenvalue weighted by Crippen LogP contribution is -2.41. The Hall–Kier alpha value is -1.89. The van der Waals surface area contributed by atoms with E-state index < -0.39 is 44.1 Å². The minimum atomic E-state index is -4.84. The van der Waals surface area contributed by atoms with Crippen molar-refractivity contribution in [2.45, 2.75) is 31.0 Å². The number of phosphoric ester groups is 1. The van der Waals surface area contributed by atoms with Crippen LogP contribution in [0.2, 0.25) is 0 Å². The maximum Gasteiger partial charge on any atom is 0.469 e. The fourth-order valence-electron chi connectivity index (χ4n) is 2.64. The van der Waals surface area contributed by atoms with Crippen LogP contribution in [0.1, 0.15) is 13.2 Å². The summed E-state index contributed by atoms with van der Waals surface area (Å²) in [4.78, 5) is 39.2. The van der Waals surface area contributed by atoms with Gasteiger partial charge in [-0.25, -0.2) is 13.9 Å². The van der Waals surface area contributed by atoms with E-state index in [2.05, 4.69) is 19.5 Å². The van der Waals surface area contributed by atoms with Crippen LogP contribution in [0, 0.1) is 0 Å². The molecule has 4 atom stereocenters. The highest BCUT2D eigenvalue weighted by Gasteiger charge is 2.55. The second kappa shape index (κ2) is 5.83. The quantitative estimate of drug-likeness (QED) is 0.404. The molecule has 6 N–H and O–H groups in total. The van der Waals surface area contributed by atoms with Crippen molar-refractivity contribution in [1.29, 1.82) is 0 Å². The molecule has 12 nitrogen and oxygen atoms in total. The number of aromatic amines is 1. The summed E-state index contributed by atoms with van der Waals surface area (Å²) in [5.74, 6) is -0.213. The molecule has 0 unspecified atom stereocenters. The van der Waals surface area contributed by atoms with Gasteiger partial charge in [0, 0.05) is 0 Å². The average molecular weight is 379 g/mol. The Balaban J connectivity index is 1.97. The number of nitrogen functional groups attached to an aromatic ring is 1. The van der Waals surface area contributed by atoms with Gasteiger partial charge in [0.2, 0.25) is 5.95 Å². The van der Waals surface area contributed by atoms with Gasteiger partial charge >= 0.3 is 7.82 Å². The van der Waals surface area contributed by atoms with Crippen molar-refractivity contribution in [2.75, 3.05) is 12.3 Å². The fraction of sp³-hybridized carbons (Fsp3) is 0.545. The van der Waals surface area contributed by atoms with Crippen LogP contribution in [0.3, 0.4) is 0 Å². The highest BCUT2D eigenvalue weighted by atomic mass is 31.2. The lowest BCUT2D eigenvalue weighted by molar-refractivity contribution is -0.0889. The first-order chi connectivity index (χ1) is 11.5. The van der Waals surface area contributed by atoms with E-state index in [1.807, 2.05) is 0 Å². The van der Waals surface area contributed by atoms with Crippen LogP contribution in [0.25, 0.3) is 11.2 Å². The molecule has 25 heavy (non-hydrogen) atoms. The number of rotatable bonds is 4. The molecule has 0 aromatic carbocycles. The van der Waals surface area contributed by atoms with E-state index in [4.69, 9.17) is 20.3 Å². The van der Waals surface area contributed by atoms with Crippen LogP contribution < -0.4 is 11.3 Å². The number of hydrogen-bond acceptors (Lipinski definition) is 8. The summed E-state index contributed by atoms with van der Waals surface area (Å²) in [6.07, 6.45) is -3.78. The Morgan fingerprint density at radius 1 is 1.60 bits per heavy atom. The number of aliphatic hydroxyl groups is 1. The zero-order valence-corrected chi connectivity index (χ0v) is 13.6. The summed E-state index contributed by atoms with van der Waals surface area (Å²) in [5, 5.41) is 10.4. The summed E-state index contributed by atoms with van der Waals surface area (Å²) in [5.41, 5.74) is 2.59. The van der Waals surface area contributed by atoms with Crippen LogP contribution >= 0.6 is 7.82 Å². The van der Waals surface area contributed by atoms with Crippen molar-refractivity contribution in [3.8, 4) is 0 Å². The van der Waals surface area contributed by atoms with E-state index in [0.717, 1.165) is 17.8 Å². The number of nitrogens with one attached hydrogen (secondary N) is 1. The van der Waals surface area contributed by atoms with E-state index >= 15 is 0 Å². The van der Waals surface area contributed by atoms with Crippen LogP contribution in [-0.2, 0) is 13.8 Å². The molecule has 1 aliphatic heterocycles. The summed E-state index contributed by atoms with van der Waals surface area (Å²) in [7, 11) is -4.84. The number of alkyl halides is 1. The van der Waals surface area contributed by atoms with E-state index in [1.165, 1.54) is 0 Å². The first kappa shape index (κ1) is 17.9. The van der Waals surface area contributed by atoms with Crippen molar-refractivity contribution in [3.05, 3.63) is 16.7 Å². The highest BCUT2D eigenvalue weighted by Crippen LogP contribution is 2.43. The Labute approximate surface area is 138 Å². The number of nitrogens with zero attached hydrogens (tertiary/aromatic N) is 3. The molecule has 0 aliphatic carbocycles. The van der Waals surface area contributed by atoms with Gasteiger partial charge < -0.3 is 25.4 Å². The van der Waals surface area contributed by atoms with Crippen LogP contribution in [0.4, 0.5) is 10.3 Å². The Kier molecular flexibility index (Phi) is 4.18. The molecular weight excluding hydrogens is 364 g/mol. The molecule has 14 heteroatoms. The largest absolute Gasteiger partial charge is 0.469 e. The summed E-state index contributed by atoms with van der Waals surface area (Å²) < 4.78 is 36.0. The number of anilines is 1. The third-order valence-electron chi connectivity index (χ3n) is 3.80. The smallest absolute Gasteiger partial charge is 0.382 e. The molecule has 138 valence electrons. The molecule has 0 saturated carbocycles. The Morgan fingerprint density at radius 2 is 2.28 bits per heavy atom. The van der Waals surface area contributed by atoms with E-state index in [0.29, 0.717) is 0 Å². The number of phosphoric acid groups is 1. The van der Waals surface area contributed by atoms with Gasteiger partial charge in [0.15, 0.2) is 23.6 Å². The van der Waals surface area contributed by atoms with Gasteiger partial charge in [-0.3, -0.25) is 18.9 Å². The molecular formula is C11H15FN5O7P. The van der Waals surface area contributed by atoms with Gasteiger partial charge in [-0.05, 0) is 6.92 Å². The Bertz CT molecular complexity index is 908. The van der Waals surface area contributed by atoms with Crippen molar-refractivity contribution in [1.82, 2.24) is 19.5 Å². The minimum Gasteiger partial charge on any atom is -0.382 e. The number of halogens is 1. The maximum atomic E-state index is 14.5. The van der Waals surface area contributed by atoms with Gasteiger partial charge in [0.05, 0.1) is 12.9 Å². The molecule has 2 aromatic rings. The van der Waals surface area contributed by atoms with Crippen LogP contribution in [0.15, 0.2) is 11.1 Å². The van der Waals surface area contributed by atoms with Crippen molar-refractivity contribution >= 4 is 24.9 Å². The molecule has 3 heterocycles. The molecule has 1 aliphatic rings. The fourth-order valence-corrected chi connectivity index (χ4v) is 2.98. The van der Waals surface area contributed by atoms with Crippen LogP contribution in [0.5, 0.6) is 0 Å².